The van der Waals surface area contributed by atoms with Crippen molar-refractivity contribution in [2.75, 3.05) is 27.3 Å². The van der Waals surface area contributed by atoms with Gasteiger partial charge in [0.05, 0.1) is 19.8 Å². The maximum Gasteiger partial charge on any atom is 0.127 e. The molecule has 0 atom stereocenters. The van der Waals surface area contributed by atoms with Gasteiger partial charge >= 0.3 is 0 Å². The summed E-state index contributed by atoms with van der Waals surface area (Å²) < 4.78 is 10.9. The van der Waals surface area contributed by atoms with Crippen molar-refractivity contribution in [3.8, 4) is 11.5 Å². The van der Waals surface area contributed by atoms with E-state index in [0.29, 0.717) is 0 Å². The molecule has 0 aromatic heterocycles. The normalized spacial score (nSPS) is 15.0. The number of rotatable bonds is 6. The summed E-state index contributed by atoms with van der Waals surface area (Å²) in [6.45, 7) is 7.79. The third-order valence-electron chi connectivity index (χ3n) is 5.17. The summed E-state index contributed by atoms with van der Waals surface area (Å²) in [5.74, 6) is 2.71. The van der Waals surface area contributed by atoms with Crippen LogP contribution in [0.15, 0.2) is 48.5 Å². The van der Waals surface area contributed by atoms with Crippen LogP contribution in [0.4, 0.5) is 0 Å². The van der Waals surface area contributed by atoms with Gasteiger partial charge in [-0.15, -0.1) is 0 Å². The van der Waals surface area contributed by atoms with Gasteiger partial charge in [0.1, 0.15) is 11.5 Å². The van der Waals surface area contributed by atoms with E-state index in [1.54, 1.807) is 14.2 Å². The predicted molar refractivity (Wildman–Crippen MR) is 114 cm³/mol. The molecule has 1 fully saturated rings. The van der Waals surface area contributed by atoms with Gasteiger partial charge in [0.15, 0.2) is 0 Å². The highest BCUT2D eigenvalue weighted by molar-refractivity contribution is 5.44. The zero-order valence-corrected chi connectivity index (χ0v) is 17.4. The largest absolute Gasteiger partial charge is 0.496 e. The number of ether oxygens (including phenoxy) is 2. The first-order valence-corrected chi connectivity index (χ1v) is 10.1. The molecule has 0 amide bonds. The summed E-state index contributed by atoms with van der Waals surface area (Å²) >= 11 is 0. The molecule has 0 spiro atoms. The van der Waals surface area contributed by atoms with Gasteiger partial charge in [-0.05, 0) is 56.0 Å². The van der Waals surface area contributed by atoms with E-state index in [4.69, 9.17) is 9.47 Å². The van der Waals surface area contributed by atoms with E-state index in [1.165, 1.54) is 44.3 Å². The second-order valence-corrected chi connectivity index (χ2v) is 7.34. The van der Waals surface area contributed by atoms with E-state index in [9.17, 15) is 0 Å². The number of benzene rings is 2. The average Bonchev–Trinajstić information content (AvgIpc) is 2.71. The Bertz CT molecular complexity index is 626. The minimum atomic E-state index is 0.862. The summed E-state index contributed by atoms with van der Waals surface area (Å²) in [5, 5.41) is 0. The average molecular weight is 370 g/mol. The maximum atomic E-state index is 5.44. The van der Waals surface area contributed by atoms with Crippen LogP contribution in [0.5, 0.6) is 11.5 Å². The van der Waals surface area contributed by atoms with Crippen LogP contribution < -0.4 is 9.47 Å². The molecular formula is C24H35NO2. The van der Waals surface area contributed by atoms with Crippen LogP contribution in [0, 0.1) is 5.92 Å². The fraction of sp³-hybridized carbons (Fsp3) is 0.500. The van der Waals surface area contributed by atoms with Crippen molar-refractivity contribution in [2.24, 2.45) is 5.92 Å². The van der Waals surface area contributed by atoms with Crippen LogP contribution in [-0.4, -0.2) is 32.2 Å². The lowest BCUT2D eigenvalue weighted by atomic mass is 9.98. The highest BCUT2D eigenvalue weighted by Gasteiger charge is 2.19. The van der Waals surface area contributed by atoms with Crippen LogP contribution in [0.3, 0.4) is 0 Å². The Morgan fingerprint density at radius 2 is 1.48 bits per heavy atom. The van der Waals surface area contributed by atoms with Crippen molar-refractivity contribution >= 4 is 0 Å². The molecule has 3 rings (SSSR count). The molecule has 148 valence electrons. The van der Waals surface area contributed by atoms with Gasteiger partial charge in [-0.2, -0.15) is 0 Å². The van der Waals surface area contributed by atoms with Gasteiger partial charge in [0.2, 0.25) is 0 Å². The van der Waals surface area contributed by atoms with Gasteiger partial charge in [-0.3, -0.25) is 4.90 Å². The first-order valence-electron chi connectivity index (χ1n) is 10.1. The Kier molecular flexibility index (Phi) is 9.20. The lowest BCUT2D eigenvalue weighted by Crippen LogP contribution is -2.32. The van der Waals surface area contributed by atoms with Crippen molar-refractivity contribution in [3.05, 3.63) is 59.7 Å². The highest BCUT2D eigenvalue weighted by atomic mass is 16.5. The van der Waals surface area contributed by atoms with Gasteiger partial charge in [0, 0.05) is 6.54 Å². The van der Waals surface area contributed by atoms with Crippen LogP contribution in [0.2, 0.25) is 0 Å². The van der Waals surface area contributed by atoms with Gasteiger partial charge in [0.25, 0.3) is 0 Å². The summed E-state index contributed by atoms with van der Waals surface area (Å²) in [5.41, 5.74) is 2.61. The van der Waals surface area contributed by atoms with Crippen LogP contribution in [-0.2, 0) is 13.0 Å². The molecule has 0 radical (unpaired) electrons. The lowest BCUT2D eigenvalue weighted by Gasteiger charge is -2.30. The number of hydrogen-bond donors (Lipinski definition) is 0. The molecule has 2 aromatic rings. The Balaban J connectivity index is 0.000000244. The fourth-order valence-electron chi connectivity index (χ4n) is 3.46. The van der Waals surface area contributed by atoms with Crippen LogP contribution in [0.1, 0.15) is 44.2 Å². The Labute approximate surface area is 165 Å². The molecule has 1 heterocycles. The van der Waals surface area contributed by atoms with E-state index in [1.807, 2.05) is 18.2 Å². The highest BCUT2D eigenvalue weighted by Crippen LogP contribution is 2.30. The Morgan fingerprint density at radius 1 is 0.889 bits per heavy atom. The third-order valence-corrected chi connectivity index (χ3v) is 5.17. The quantitative estimate of drug-likeness (QED) is 0.664. The molecule has 1 aliphatic heterocycles. The first kappa shape index (κ1) is 21.3. The molecule has 0 saturated carbocycles. The minimum absolute atomic E-state index is 0.862. The molecule has 0 bridgehead atoms. The minimum Gasteiger partial charge on any atom is -0.496 e. The Morgan fingerprint density at radius 3 is 2.00 bits per heavy atom. The smallest absolute Gasteiger partial charge is 0.127 e. The zero-order valence-electron chi connectivity index (χ0n) is 17.4. The number of piperidine rings is 1. The van der Waals surface area contributed by atoms with E-state index >= 15 is 0 Å². The Hall–Kier alpha value is -2.00. The topological polar surface area (TPSA) is 21.7 Å². The zero-order chi connectivity index (χ0) is 19.5. The molecule has 1 saturated heterocycles. The number of methoxy groups -OCH3 is 2. The maximum absolute atomic E-state index is 5.44. The number of aryl methyl sites for hydroxylation is 1. The van der Waals surface area contributed by atoms with E-state index in [2.05, 4.69) is 49.1 Å². The standard InChI is InChI=1S/C15H23NO2.C9H12/c1-12-7-9-16(10-8-12)11-13-14(17-2)5-4-6-15(13)18-3;1-2-6-9-7-4-3-5-8-9/h4-6,12H,7-11H2,1-3H3;3-5,7-8H,2,6H2,1H3. The molecule has 3 heteroatoms. The van der Waals surface area contributed by atoms with E-state index < -0.39 is 0 Å². The third kappa shape index (κ3) is 6.91. The molecule has 0 unspecified atom stereocenters. The summed E-state index contributed by atoms with van der Waals surface area (Å²) in [6, 6.07) is 16.6. The van der Waals surface area contributed by atoms with E-state index in [0.717, 1.165) is 29.5 Å². The number of likely N-dealkylation sites (tertiary alicyclic amines) is 1. The van der Waals surface area contributed by atoms with Gasteiger partial charge < -0.3 is 9.47 Å². The molecule has 2 aromatic carbocycles. The second-order valence-electron chi connectivity index (χ2n) is 7.34. The van der Waals surface area contributed by atoms with Crippen molar-refractivity contribution < 1.29 is 9.47 Å². The number of nitrogens with zero attached hydrogens (tertiary/aromatic N) is 1. The number of hydrogen-bond acceptors (Lipinski definition) is 3. The fourth-order valence-corrected chi connectivity index (χ4v) is 3.46. The van der Waals surface area contributed by atoms with Crippen LogP contribution >= 0.6 is 0 Å². The summed E-state index contributed by atoms with van der Waals surface area (Å²) in [7, 11) is 3.44. The van der Waals surface area contributed by atoms with Crippen molar-refractivity contribution in [3.63, 3.8) is 0 Å². The first-order chi connectivity index (χ1) is 13.2. The van der Waals surface area contributed by atoms with Gasteiger partial charge in [-0.25, -0.2) is 0 Å². The lowest BCUT2D eigenvalue weighted by molar-refractivity contribution is 0.181. The predicted octanol–water partition coefficient (Wildman–Crippen LogP) is 5.57. The van der Waals surface area contributed by atoms with Crippen molar-refractivity contribution in [1.29, 1.82) is 0 Å². The SMILES string of the molecule is CCCc1ccccc1.COc1cccc(OC)c1CN1CCC(C)CC1. The molecule has 1 aliphatic rings. The molecule has 0 N–H and O–H groups in total. The van der Waals surface area contributed by atoms with Crippen molar-refractivity contribution in [1.82, 2.24) is 4.90 Å². The summed E-state index contributed by atoms with van der Waals surface area (Å²) in [6.07, 6.45) is 5.03. The van der Waals surface area contributed by atoms with Gasteiger partial charge in [-0.1, -0.05) is 56.7 Å². The summed E-state index contributed by atoms with van der Waals surface area (Å²) in [4.78, 5) is 2.49. The molecule has 3 nitrogen and oxygen atoms in total. The molecular weight excluding hydrogens is 334 g/mol. The second kappa shape index (κ2) is 11.7. The molecule has 0 aliphatic carbocycles. The van der Waals surface area contributed by atoms with Crippen LogP contribution in [0.25, 0.3) is 0 Å². The molecule has 27 heavy (non-hydrogen) atoms. The van der Waals surface area contributed by atoms with E-state index in [-0.39, 0.29) is 0 Å². The van der Waals surface area contributed by atoms with Crippen molar-refractivity contribution in [2.45, 2.75) is 46.1 Å². The monoisotopic (exact) mass is 369 g/mol.